The molecule has 0 unspecified atom stereocenters. The minimum absolute atomic E-state index is 0.0318. The van der Waals surface area contributed by atoms with Gasteiger partial charge in [0.2, 0.25) is 5.91 Å². The average molecular weight is 596 g/mol. The highest BCUT2D eigenvalue weighted by molar-refractivity contribution is 8.24. The van der Waals surface area contributed by atoms with Crippen molar-refractivity contribution in [1.82, 2.24) is 24.9 Å². The Morgan fingerprint density at radius 3 is 2.46 bits per heavy atom. The molecule has 0 aliphatic carbocycles. The van der Waals surface area contributed by atoms with Crippen LogP contribution in [0.15, 0.2) is 59.8 Å². The van der Waals surface area contributed by atoms with Gasteiger partial charge >= 0.3 is 12.2 Å². The fourth-order valence-corrected chi connectivity index (χ4v) is 7.05. The van der Waals surface area contributed by atoms with Crippen LogP contribution in [-0.2, 0) is 28.7 Å². The summed E-state index contributed by atoms with van der Waals surface area (Å²) in [6, 6.07) is 5.72. The van der Waals surface area contributed by atoms with Crippen molar-refractivity contribution in [3.8, 4) is 11.1 Å². The number of alkyl halides is 3. The highest BCUT2D eigenvalue weighted by Crippen LogP contribution is 2.62. The van der Waals surface area contributed by atoms with E-state index in [2.05, 4.69) is 10.4 Å². The molecular weight excluding hydrogens is 570 g/mol. The molecule has 4 amide bonds. The van der Waals surface area contributed by atoms with Crippen molar-refractivity contribution in [3.63, 3.8) is 0 Å². The summed E-state index contributed by atoms with van der Waals surface area (Å²) < 4.78 is 77.7. The first-order chi connectivity index (χ1) is 19.1. The molecule has 2 aromatic carbocycles. The molecule has 5 rings (SSSR count). The van der Waals surface area contributed by atoms with Crippen molar-refractivity contribution in [2.75, 3.05) is 12.3 Å². The second-order valence-electron chi connectivity index (χ2n) is 10.0. The number of fused-ring (bicyclic) bond motifs is 2. The molecule has 0 bridgehead atoms. The molecule has 2 aliphatic rings. The maximum atomic E-state index is 13.7. The van der Waals surface area contributed by atoms with Gasteiger partial charge in [-0.2, -0.15) is 28.9 Å². The maximum Gasteiger partial charge on any atom is 0.408 e. The van der Waals surface area contributed by atoms with E-state index in [1.165, 1.54) is 24.3 Å². The van der Waals surface area contributed by atoms with E-state index in [1.54, 1.807) is 30.2 Å². The SMILES string of the molecule is C[C@H](N(Cc1ccc(F)cc1)C(=O)CN1C(=O)N[C@@]2(CS(O)(O)c3cc(-c4cnn(C)c4)ccc32)C1=O)C(F)(F)F. The van der Waals surface area contributed by atoms with Crippen molar-refractivity contribution in [1.29, 1.82) is 0 Å². The predicted molar refractivity (Wildman–Crippen MR) is 139 cm³/mol. The minimum atomic E-state index is -4.83. The molecule has 1 saturated heterocycles. The van der Waals surface area contributed by atoms with Gasteiger partial charge in [-0.15, -0.1) is 0 Å². The van der Waals surface area contributed by atoms with E-state index >= 15 is 0 Å². The molecule has 15 heteroatoms. The zero-order valence-electron chi connectivity index (χ0n) is 21.7. The molecule has 3 heterocycles. The Hall–Kier alpha value is -3.95. The largest absolute Gasteiger partial charge is 0.408 e. The molecular formula is C26H25F4N5O5S. The zero-order valence-corrected chi connectivity index (χ0v) is 22.5. The van der Waals surface area contributed by atoms with Gasteiger partial charge < -0.3 is 10.2 Å². The molecule has 1 spiro atoms. The summed E-state index contributed by atoms with van der Waals surface area (Å²) >= 11 is 0. The number of halogens is 4. The van der Waals surface area contributed by atoms with Crippen molar-refractivity contribution in [2.24, 2.45) is 7.05 Å². The van der Waals surface area contributed by atoms with E-state index in [0.29, 0.717) is 20.9 Å². The molecule has 2 aliphatic heterocycles. The third kappa shape index (κ3) is 5.04. The number of imide groups is 1. The Balaban J connectivity index is 1.44. The van der Waals surface area contributed by atoms with E-state index < -0.39 is 70.9 Å². The lowest BCUT2D eigenvalue weighted by Crippen LogP contribution is -2.51. The summed E-state index contributed by atoms with van der Waals surface area (Å²) in [5.41, 5.74) is -0.357. The number of aryl methyl sites for hydroxylation is 1. The summed E-state index contributed by atoms with van der Waals surface area (Å²) in [5.74, 6) is -3.39. The molecule has 10 nitrogen and oxygen atoms in total. The van der Waals surface area contributed by atoms with Crippen molar-refractivity contribution in [3.05, 3.63) is 71.8 Å². The first-order valence-electron chi connectivity index (χ1n) is 12.3. The van der Waals surface area contributed by atoms with Crippen molar-refractivity contribution < 1.29 is 41.1 Å². The molecule has 218 valence electrons. The number of hydrogen-bond acceptors (Lipinski definition) is 6. The normalized spacial score (nSPS) is 21.1. The van der Waals surface area contributed by atoms with Crippen molar-refractivity contribution >= 4 is 28.4 Å². The molecule has 1 fully saturated rings. The van der Waals surface area contributed by atoms with Crippen LogP contribution in [0.3, 0.4) is 0 Å². The van der Waals surface area contributed by atoms with Gasteiger partial charge in [0, 0.05) is 30.9 Å². The lowest BCUT2D eigenvalue weighted by Gasteiger charge is -2.32. The van der Waals surface area contributed by atoms with Gasteiger partial charge in [-0.25, -0.2) is 9.18 Å². The molecule has 2 atom stereocenters. The third-order valence-electron chi connectivity index (χ3n) is 7.25. The number of rotatable bonds is 6. The molecule has 3 aromatic rings. The molecule has 1 aromatic heterocycles. The molecule has 0 saturated carbocycles. The van der Waals surface area contributed by atoms with Crippen LogP contribution in [0.2, 0.25) is 0 Å². The van der Waals surface area contributed by atoms with Gasteiger partial charge in [-0.3, -0.25) is 28.3 Å². The first-order valence-corrected chi connectivity index (χ1v) is 14.0. The number of carbonyl (C=O) groups is 3. The van der Waals surface area contributed by atoms with Crippen LogP contribution in [0, 0.1) is 5.82 Å². The van der Waals surface area contributed by atoms with Crippen LogP contribution in [0.25, 0.3) is 11.1 Å². The van der Waals surface area contributed by atoms with Crippen LogP contribution < -0.4 is 5.32 Å². The Labute approximate surface area is 232 Å². The Morgan fingerprint density at radius 2 is 1.85 bits per heavy atom. The number of nitrogens with one attached hydrogen (secondary N) is 1. The Kier molecular flexibility index (Phi) is 6.87. The van der Waals surface area contributed by atoms with E-state index in [-0.39, 0.29) is 16.0 Å². The topological polar surface area (TPSA) is 128 Å². The number of aromatic nitrogens is 2. The Bertz CT molecular complexity index is 1540. The van der Waals surface area contributed by atoms with Crippen LogP contribution >= 0.6 is 10.6 Å². The molecule has 0 radical (unpaired) electrons. The lowest BCUT2D eigenvalue weighted by atomic mass is 9.91. The van der Waals surface area contributed by atoms with Gasteiger partial charge in [0.1, 0.15) is 18.4 Å². The van der Waals surface area contributed by atoms with Crippen LogP contribution in [-0.4, -0.2) is 71.0 Å². The number of amides is 4. The molecule has 41 heavy (non-hydrogen) atoms. The lowest BCUT2D eigenvalue weighted by molar-refractivity contribution is -0.187. The first kappa shape index (κ1) is 28.6. The number of benzene rings is 2. The summed E-state index contributed by atoms with van der Waals surface area (Å²) in [5, 5.41) is 6.53. The van der Waals surface area contributed by atoms with E-state index in [1.807, 2.05) is 0 Å². The average Bonchev–Trinajstić information content (AvgIpc) is 3.50. The van der Waals surface area contributed by atoms with E-state index in [0.717, 1.165) is 19.1 Å². The van der Waals surface area contributed by atoms with Gasteiger partial charge in [0.15, 0.2) is 5.54 Å². The maximum absolute atomic E-state index is 13.7. The minimum Gasteiger partial charge on any atom is -0.325 e. The van der Waals surface area contributed by atoms with Gasteiger partial charge in [0.25, 0.3) is 5.91 Å². The third-order valence-corrected chi connectivity index (χ3v) is 9.12. The highest BCUT2D eigenvalue weighted by Gasteiger charge is 2.60. The second-order valence-corrected chi connectivity index (χ2v) is 12.1. The summed E-state index contributed by atoms with van der Waals surface area (Å²) in [4.78, 5) is 40.8. The van der Waals surface area contributed by atoms with Gasteiger partial charge in [-0.05, 0) is 36.2 Å². The van der Waals surface area contributed by atoms with Crippen molar-refractivity contribution in [2.45, 2.75) is 36.1 Å². The van der Waals surface area contributed by atoms with Crippen LogP contribution in [0.1, 0.15) is 18.1 Å². The zero-order chi connectivity index (χ0) is 29.9. The number of carbonyl (C=O) groups excluding carboxylic acids is 3. The number of urea groups is 1. The quantitative estimate of drug-likeness (QED) is 0.291. The smallest absolute Gasteiger partial charge is 0.325 e. The highest BCUT2D eigenvalue weighted by atomic mass is 32.3. The fourth-order valence-electron chi connectivity index (χ4n) is 5.03. The van der Waals surface area contributed by atoms with Crippen LogP contribution in [0.5, 0.6) is 0 Å². The standard InChI is InChI=1S/C26H25F4N5O5S/c1-15(26(28,29)30)34(11-16-3-6-19(27)7-4-16)22(36)13-35-23(37)25(32-24(35)38)14-41(39,40)21-9-17(5-8-20(21)25)18-10-31-33(2)12-18/h3-10,12,15,39-40H,11,13-14H2,1-2H3,(H,32,38)/t15-,25+/m0/s1. The van der Waals surface area contributed by atoms with E-state index in [9.17, 15) is 41.1 Å². The Morgan fingerprint density at radius 1 is 1.17 bits per heavy atom. The fraction of sp³-hybridized carbons (Fsp3) is 0.308. The predicted octanol–water partition coefficient (Wildman–Crippen LogP) is 4.08. The number of nitrogens with zero attached hydrogens (tertiary/aromatic N) is 4. The van der Waals surface area contributed by atoms with Gasteiger partial charge in [-0.1, -0.05) is 24.3 Å². The van der Waals surface area contributed by atoms with E-state index in [4.69, 9.17) is 0 Å². The number of hydrogen-bond donors (Lipinski definition) is 3. The van der Waals surface area contributed by atoms with Gasteiger partial charge in [0.05, 0.1) is 16.8 Å². The second kappa shape index (κ2) is 9.85. The summed E-state index contributed by atoms with van der Waals surface area (Å²) in [6.45, 7) is -0.831. The monoisotopic (exact) mass is 595 g/mol. The van der Waals surface area contributed by atoms with Crippen LogP contribution in [0.4, 0.5) is 22.4 Å². The summed E-state index contributed by atoms with van der Waals surface area (Å²) in [7, 11) is -1.88. The molecule has 3 N–H and O–H groups in total. The summed E-state index contributed by atoms with van der Waals surface area (Å²) in [6.07, 6.45) is -1.57.